The number of nitrogens with one attached hydrogen (secondary N) is 1. The molecule has 2 aromatic rings. The van der Waals surface area contributed by atoms with Gasteiger partial charge < -0.3 is 10.1 Å². The van der Waals surface area contributed by atoms with Crippen LogP contribution in [-0.2, 0) is 4.79 Å². The Hall–Kier alpha value is -2.33. The molecule has 138 valence electrons. The normalized spacial score (nSPS) is 11.7. The molecule has 0 saturated carbocycles. The minimum Gasteiger partial charge on any atom is -0.494 e. The molecule has 0 radical (unpaired) electrons. The van der Waals surface area contributed by atoms with Crippen molar-refractivity contribution in [3.05, 3.63) is 64.7 Å². The van der Waals surface area contributed by atoms with Crippen LogP contribution in [0.25, 0.3) is 0 Å². The molecular formula is C21H24ClNO3. The first kappa shape index (κ1) is 20.0. The van der Waals surface area contributed by atoms with Gasteiger partial charge in [0, 0.05) is 17.0 Å². The summed E-state index contributed by atoms with van der Waals surface area (Å²) >= 11 is 5.91. The topological polar surface area (TPSA) is 55.4 Å². The van der Waals surface area contributed by atoms with E-state index in [9.17, 15) is 9.59 Å². The summed E-state index contributed by atoms with van der Waals surface area (Å²) in [7, 11) is 0. The Kier molecular flexibility index (Phi) is 7.67. The van der Waals surface area contributed by atoms with Crippen LogP contribution >= 0.6 is 11.6 Å². The lowest BCUT2D eigenvalue weighted by Gasteiger charge is -2.17. The number of halogens is 1. The summed E-state index contributed by atoms with van der Waals surface area (Å²) in [6.07, 6.45) is 1.83. The summed E-state index contributed by atoms with van der Waals surface area (Å²) in [5, 5.41) is 3.73. The Labute approximate surface area is 159 Å². The van der Waals surface area contributed by atoms with E-state index in [1.165, 1.54) is 6.92 Å². The number of rotatable bonds is 9. The fraction of sp³-hybridized carbons (Fsp3) is 0.333. The molecule has 0 bridgehead atoms. The van der Waals surface area contributed by atoms with E-state index in [0.29, 0.717) is 35.8 Å². The Balaban J connectivity index is 1.74. The van der Waals surface area contributed by atoms with Crippen LogP contribution in [0.4, 0.5) is 0 Å². The predicted molar refractivity (Wildman–Crippen MR) is 104 cm³/mol. The highest BCUT2D eigenvalue weighted by Crippen LogP contribution is 2.19. The lowest BCUT2D eigenvalue weighted by atomic mass is 10.0. The molecule has 5 heteroatoms. The summed E-state index contributed by atoms with van der Waals surface area (Å²) in [5.41, 5.74) is 1.71. The van der Waals surface area contributed by atoms with E-state index in [4.69, 9.17) is 16.3 Å². The molecule has 1 N–H and O–H groups in total. The van der Waals surface area contributed by atoms with Gasteiger partial charge in [-0.1, -0.05) is 30.7 Å². The third-order valence-electron chi connectivity index (χ3n) is 4.09. The van der Waals surface area contributed by atoms with Crippen LogP contribution in [0.15, 0.2) is 48.5 Å². The number of ether oxygens (including phenoxy) is 1. The van der Waals surface area contributed by atoms with Crippen molar-refractivity contribution in [2.24, 2.45) is 0 Å². The van der Waals surface area contributed by atoms with Gasteiger partial charge in [0.05, 0.1) is 12.6 Å². The first-order valence-electron chi connectivity index (χ1n) is 8.78. The molecular weight excluding hydrogens is 350 g/mol. The van der Waals surface area contributed by atoms with Crippen molar-refractivity contribution in [3.8, 4) is 5.75 Å². The largest absolute Gasteiger partial charge is 0.494 e. The Morgan fingerprint density at radius 1 is 1.08 bits per heavy atom. The molecule has 0 aliphatic carbocycles. The van der Waals surface area contributed by atoms with Crippen molar-refractivity contribution in [1.82, 2.24) is 5.32 Å². The summed E-state index contributed by atoms with van der Waals surface area (Å²) in [6.45, 7) is 4.01. The summed E-state index contributed by atoms with van der Waals surface area (Å²) in [5.74, 6) is 0.727. The molecule has 0 saturated heterocycles. The summed E-state index contributed by atoms with van der Waals surface area (Å²) in [4.78, 5) is 23.4. The van der Waals surface area contributed by atoms with E-state index < -0.39 is 0 Å². The number of benzene rings is 2. The molecule has 0 heterocycles. The lowest BCUT2D eigenvalue weighted by Crippen LogP contribution is -2.28. The summed E-state index contributed by atoms with van der Waals surface area (Å²) in [6, 6.07) is 14.5. The Morgan fingerprint density at radius 2 is 1.73 bits per heavy atom. The van der Waals surface area contributed by atoms with Crippen LogP contribution < -0.4 is 10.1 Å². The van der Waals surface area contributed by atoms with Crippen molar-refractivity contribution < 1.29 is 14.3 Å². The van der Waals surface area contributed by atoms with E-state index in [0.717, 1.165) is 12.0 Å². The zero-order valence-corrected chi connectivity index (χ0v) is 15.9. The van der Waals surface area contributed by atoms with Gasteiger partial charge in [-0.15, -0.1) is 0 Å². The van der Waals surface area contributed by atoms with Crippen LogP contribution in [0.3, 0.4) is 0 Å². The highest BCUT2D eigenvalue weighted by Gasteiger charge is 2.12. The van der Waals surface area contributed by atoms with Crippen LogP contribution in [0.1, 0.15) is 55.1 Å². The maximum atomic E-state index is 12.2. The first-order valence-corrected chi connectivity index (χ1v) is 9.16. The molecule has 0 aromatic heterocycles. The molecule has 1 amide bonds. The molecule has 0 spiro atoms. The Morgan fingerprint density at radius 3 is 2.31 bits per heavy atom. The van der Waals surface area contributed by atoms with Crippen molar-refractivity contribution in [1.29, 1.82) is 0 Å². The van der Waals surface area contributed by atoms with Gasteiger partial charge in [-0.2, -0.15) is 0 Å². The molecule has 1 atom stereocenters. The smallest absolute Gasteiger partial charge is 0.220 e. The van der Waals surface area contributed by atoms with Gasteiger partial charge in [0.2, 0.25) is 5.91 Å². The second-order valence-electron chi connectivity index (χ2n) is 6.11. The van der Waals surface area contributed by atoms with Gasteiger partial charge in [-0.25, -0.2) is 0 Å². The number of Topliss-reactive ketones (excluding diaryl/α,β-unsaturated/α-hetero) is 1. The average molecular weight is 374 g/mol. The van der Waals surface area contributed by atoms with Gasteiger partial charge in [0.15, 0.2) is 5.78 Å². The second kappa shape index (κ2) is 9.97. The van der Waals surface area contributed by atoms with Crippen LogP contribution in [-0.4, -0.2) is 18.3 Å². The van der Waals surface area contributed by atoms with E-state index in [-0.39, 0.29) is 17.7 Å². The molecule has 2 rings (SSSR count). The van der Waals surface area contributed by atoms with Gasteiger partial charge in [0.1, 0.15) is 5.75 Å². The molecule has 4 nitrogen and oxygen atoms in total. The van der Waals surface area contributed by atoms with Crippen LogP contribution in [0, 0.1) is 0 Å². The van der Waals surface area contributed by atoms with Crippen molar-refractivity contribution in [2.75, 3.05) is 6.61 Å². The Bertz CT molecular complexity index is 726. The van der Waals surface area contributed by atoms with Gasteiger partial charge >= 0.3 is 0 Å². The maximum absolute atomic E-state index is 12.2. The average Bonchev–Trinajstić information content (AvgIpc) is 2.64. The number of ketones is 1. The minimum atomic E-state index is -0.0141. The molecule has 0 aliphatic rings. The summed E-state index contributed by atoms with van der Waals surface area (Å²) < 4.78 is 5.61. The molecule has 1 unspecified atom stereocenters. The third kappa shape index (κ3) is 6.19. The monoisotopic (exact) mass is 373 g/mol. The highest BCUT2D eigenvalue weighted by atomic mass is 35.5. The zero-order chi connectivity index (χ0) is 18.9. The third-order valence-corrected chi connectivity index (χ3v) is 4.35. The van der Waals surface area contributed by atoms with E-state index in [1.54, 1.807) is 24.3 Å². The van der Waals surface area contributed by atoms with Crippen molar-refractivity contribution >= 4 is 23.3 Å². The van der Waals surface area contributed by atoms with E-state index in [1.807, 2.05) is 31.2 Å². The van der Waals surface area contributed by atoms with Crippen molar-refractivity contribution in [2.45, 2.75) is 39.2 Å². The molecule has 0 aliphatic heterocycles. The number of hydrogen-bond acceptors (Lipinski definition) is 3. The predicted octanol–water partition coefficient (Wildman–Crippen LogP) is 4.97. The van der Waals surface area contributed by atoms with E-state index >= 15 is 0 Å². The number of hydrogen-bond donors (Lipinski definition) is 1. The zero-order valence-electron chi connectivity index (χ0n) is 15.1. The number of carbonyl (C=O) groups is 2. The van der Waals surface area contributed by atoms with E-state index in [2.05, 4.69) is 5.32 Å². The minimum absolute atomic E-state index is 0.00216. The van der Waals surface area contributed by atoms with Gasteiger partial charge in [0.25, 0.3) is 0 Å². The van der Waals surface area contributed by atoms with Crippen molar-refractivity contribution in [3.63, 3.8) is 0 Å². The fourth-order valence-electron chi connectivity index (χ4n) is 2.59. The van der Waals surface area contributed by atoms with Crippen LogP contribution in [0.2, 0.25) is 5.02 Å². The number of amides is 1. The highest BCUT2D eigenvalue weighted by molar-refractivity contribution is 6.30. The SMILES string of the molecule is CCC(NC(=O)CCCOc1ccc(C(C)=O)cc1)c1ccc(Cl)cc1. The van der Waals surface area contributed by atoms with Gasteiger partial charge in [-0.3, -0.25) is 9.59 Å². The molecule has 2 aromatic carbocycles. The molecule has 0 fully saturated rings. The quantitative estimate of drug-likeness (QED) is 0.498. The van der Waals surface area contributed by atoms with Crippen LogP contribution in [0.5, 0.6) is 5.75 Å². The number of carbonyl (C=O) groups excluding carboxylic acids is 2. The lowest BCUT2D eigenvalue weighted by molar-refractivity contribution is -0.122. The second-order valence-corrected chi connectivity index (χ2v) is 6.55. The molecule has 26 heavy (non-hydrogen) atoms. The fourth-order valence-corrected chi connectivity index (χ4v) is 2.72. The maximum Gasteiger partial charge on any atom is 0.220 e. The first-order chi connectivity index (χ1) is 12.5. The van der Waals surface area contributed by atoms with Gasteiger partial charge in [-0.05, 0) is 61.7 Å². The standard InChI is InChI=1S/C21H24ClNO3/c1-3-20(17-6-10-18(22)11-7-17)23-21(25)5-4-14-26-19-12-8-16(9-13-19)15(2)24/h6-13,20H,3-5,14H2,1-2H3,(H,23,25).